The fraction of sp³-hybridized carbons (Fsp3) is 0.611. The van der Waals surface area contributed by atoms with Gasteiger partial charge in [-0.2, -0.15) is 0 Å². The van der Waals surface area contributed by atoms with E-state index < -0.39 is 0 Å². The topological polar surface area (TPSA) is 38.3 Å². The summed E-state index contributed by atoms with van der Waals surface area (Å²) >= 11 is 3.45. The van der Waals surface area contributed by atoms with Gasteiger partial charge in [-0.1, -0.05) is 0 Å². The first kappa shape index (κ1) is 14.6. The van der Waals surface area contributed by atoms with E-state index in [0.29, 0.717) is 0 Å². The molecule has 4 fully saturated rings. The highest BCUT2D eigenvalue weighted by atomic mass is 79.9. The molecule has 0 radical (unpaired) electrons. The lowest BCUT2D eigenvalue weighted by Gasteiger charge is -2.55. The lowest BCUT2D eigenvalue weighted by Crippen LogP contribution is -2.51. The Kier molecular flexibility index (Phi) is 3.48. The molecule has 0 unspecified atom stereocenters. The zero-order chi connectivity index (χ0) is 15.3. The van der Waals surface area contributed by atoms with Crippen molar-refractivity contribution in [1.29, 1.82) is 0 Å². The fourth-order valence-electron chi connectivity index (χ4n) is 5.39. The number of carbonyl (C=O) groups is 1. The summed E-state index contributed by atoms with van der Waals surface area (Å²) in [4.78, 5) is 13.0. The number of anilines is 1. The zero-order valence-corrected chi connectivity index (χ0v) is 14.5. The van der Waals surface area contributed by atoms with Crippen LogP contribution in [-0.4, -0.2) is 13.0 Å². The van der Waals surface area contributed by atoms with Crippen molar-refractivity contribution in [3.05, 3.63) is 22.7 Å². The van der Waals surface area contributed by atoms with Crippen LogP contribution in [0.5, 0.6) is 5.75 Å². The van der Waals surface area contributed by atoms with Crippen LogP contribution >= 0.6 is 15.9 Å². The number of ether oxygens (including phenoxy) is 1. The normalized spacial score (nSPS) is 35.5. The standard InChI is InChI=1S/C18H22BrNO2/c1-22-16-7-14(2-3-15(16)19)20-17(21)18-8-11-4-12(9-18)6-13(5-11)10-18/h2-3,7,11-13H,4-6,8-10H2,1H3,(H,20,21). The molecule has 0 spiro atoms. The van der Waals surface area contributed by atoms with Crippen LogP contribution < -0.4 is 10.1 Å². The minimum atomic E-state index is -0.102. The number of methoxy groups -OCH3 is 1. The van der Waals surface area contributed by atoms with Gasteiger partial charge in [0.25, 0.3) is 0 Å². The van der Waals surface area contributed by atoms with Gasteiger partial charge in [0, 0.05) is 11.8 Å². The molecule has 1 N–H and O–H groups in total. The SMILES string of the molecule is COc1cc(NC(=O)C23CC4CC(CC(C4)C2)C3)ccc1Br. The molecule has 4 saturated carbocycles. The molecular weight excluding hydrogens is 342 g/mol. The summed E-state index contributed by atoms with van der Waals surface area (Å²) in [7, 11) is 1.64. The summed E-state index contributed by atoms with van der Waals surface area (Å²) < 4.78 is 6.22. The Labute approximate surface area is 139 Å². The number of carbonyl (C=O) groups excluding carboxylic acids is 1. The van der Waals surface area contributed by atoms with Gasteiger partial charge in [0.1, 0.15) is 5.75 Å². The zero-order valence-electron chi connectivity index (χ0n) is 12.9. The van der Waals surface area contributed by atoms with Crippen molar-refractivity contribution in [1.82, 2.24) is 0 Å². The Balaban J connectivity index is 1.55. The van der Waals surface area contributed by atoms with Crippen LogP contribution in [0.25, 0.3) is 0 Å². The van der Waals surface area contributed by atoms with Crippen LogP contribution in [0.4, 0.5) is 5.69 Å². The maximum Gasteiger partial charge on any atom is 0.230 e. The highest BCUT2D eigenvalue weighted by molar-refractivity contribution is 9.10. The molecule has 22 heavy (non-hydrogen) atoms. The van der Waals surface area contributed by atoms with Crippen molar-refractivity contribution in [2.45, 2.75) is 38.5 Å². The van der Waals surface area contributed by atoms with E-state index in [1.807, 2.05) is 18.2 Å². The van der Waals surface area contributed by atoms with E-state index >= 15 is 0 Å². The largest absolute Gasteiger partial charge is 0.495 e. The fourth-order valence-corrected chi connectivity index (χ4v) is 5.80. The number of rotatable bonds is 3. The maximum absolute atomic E-state index is 13.0. The number of hydrogen-bond acceptors (Lipinski definition) is 2. The summed E-state index contributed by atoms with van der Waals surface area (Å²) in [6, 6.07) is 5.75. The number of nitrogens with one attached hydrogen (secondary N) is 1. The van der Waals surface area contributed by atoms with Gasteiger partial charge in [-0.25, -0.2) is 0 Å². The van der Waals surface area contributed by atoms with Crippen LogP contribution in [0.3, 0.4) is 0 Å². The van der Waals surface area contributed by atoms with Crippen LogP contribution in [0.15, 0.2) is 22.7 Å². The van der Waals surface area contributed by atoms with Crippen molar-refractivity contribution in [2.75, 3.05) is 12.4 Å². The minimum absolute atomic E-state index is 0.102. The first-order valence-corrected chi connectivity index (χ1v) is 9.02. The number of hydrogen-bond donors (Lipinski definition) is 1. The lowest BCUT2D eigenvalue weighted by molar-refractivity contribution is -0.140. The Morgan fingerprint density at radius 3 is 2.32 bits per heavy atom. The quantitative estimate of drug-likeness (QED) is 0.851. The van der Waals surface area contributed by atoms with Gasteiger partial charge in [0.15, 0.2) is 0 Å². The molecule has 4 aliphatic carbocycles. The van der Waals surface area contributed by atoms with E-state index in [9.17, 15) is 4.79 Å². The third-order valence-corrected chi connectivity index (χ3v) is 6.58. The van der Waals surface area contributed by atoms with Gasteiger partial charge >= 0.3 is 0 Å². The van der Waals surface area contributed by atoms with Crippen molar-refractivity contribution in [3.8, 4) is 5.75 Å². The Bertz CT molecular complexity index is 578. The molecule has 0 heterocycles. The Morgan fingerprint density at radius 1 is 1.18 bits per heavy atom. The summed E-state index contributed by atoms with van der Waals surface area (Å²) in [5.74, 6) is 3.35. The predicted molar refractivity (Wildman–Crippen MR) is 89.9 cm³/mol. The van der Waals surface area contributed by atoms with E-state index in [4.69, 9.17) is 4.74 Å². The minimum Gasteiger partial charge on any atom is -0.495 e. The van der Waals surface area contributed by atoms with E-state index in [0.717, 1.165) is 52.9 Å². The molecule has 4 bridgehead atoms. The predicted octanol–water partition coefficient (Wildman–Crippen LogP) is 4.61. The third kappa shape index (κ3) is 2.36. The van der Waals surface area contributed by atoms with E-state index in [1.165, 1.54) is 19.3 Å². The molecule has 4 aliphatic rings. The van der Waals surface area contributed by atoms with Gasteiger partial charge in [-0.3, -0.25) is 4.79 Å². The molecule has 0 saturated heterocycles. The molecule has 118 valence electrons. The highest BCUT2D eigenvalue weighted by Crippen LogP contribution is 2.60. The summed E-state index contributed by atoms with van der Waals surface area (Å²) in [6.07, 6.45) is 7.37. The van der Waals surface area contributed by atoms with Crippen LogP contribution in [-0.2, 0) is 4.79 Å². The molecular formula is C18H22BrNO2. The molecule has 1 aromatic rings. The van der Waals surface area contributed by atoms with Crippen LogP contribution in [0, 0.1) is 23.2 Å². The Hall–Kier alpha value is -1.03. The van der Waals surface area contributed by atoms with Gasteiger partial charge < -0.3 is 10.1 Å². The van der Waals surface area contributed by atoms with E-state index in [1.54, 1.807) is 7.11 Å². The molecule has 0 atom stereocenters. The third-order valence-electron chi connectivity index (χ3n) is 5.93. The molecule has 1 amide bonds. The second-order valence-electron chi connectivity index (χ2n) is 7.50. The van der Waals surface area contributed by atoms with Crippen molar-refractivity contribution in [3.63, 3.8) is 0 Å². The van der Waals surface area contributed by atoms with Gasteiger partial charge in [0.05, 0.1) is 17.0 Å². The van der Waals surface area contributed by atoms with Crippen LogP contribution in [0.2, 0.25) is 0 Å². The number of halogens is 1. The van der Waals surface area contributed by atoms with Crippen molar-refractivity contribution in [2.24, 2.45) is 23.2 Å². The van der Waals surface area contributed by atoms with Crippen molar-refractivity contribution < 1.29 is 9.53 Å². The molecule has 4 heteroatoms. The molecule has 3 nitrogen and oxygen atoms in total. The highest BCUT2D eigenvalue weighted by Gasteiger charge is 2.54. The van der Waals surface area contributed by atoms with E-state index in [2.05, 4.69) is 21.2 Å². The average molecular weight is 364 g/mol. The number of benzene rings is 1. The van der Waals surface area contributed by atoms with Crippen molar-refractivity contribution >= 4 is 27.5 Å². The van der Waals surface area contributed by atoms with Gasteiger partial charge in [-0.05, 0) is 84.3 Å². The monoisotopic (exact) mass is 363 g/mol. The molecule has 0 aromatic heterocycles. The molecule has 0 aliphatic heterocycles. The first-order chi connectivity index (χ1) is 10.6. The Morgan fingerprint density at radius 2 is 1.77 bits per heavy atom. The van der Waals surface area contributed by atoms with Gasteiger partial charge in [0.2, 0.25) is 5.91 Å². The van der Waals surface area contributed by atoms with E-state index in [-0.39, 0.29) is 11.3 Å². The maximum atomic E-state index is 13.0. The molecule has 1 aromatic carbocycles. The number of amides is 1. The summed E-state index contributed by atoms with van der Waals surface area (Å²) in [5.41, 5.74) is 0.732. The second-order valence-corrected chi connectivity index (χ2v) is 8.36. The first-order valence-electron chi connectivity index (χ1n) is 8.23. The molecule has 5 rings (SSSR count). The second kappa shape index (κ2) is 5.26. The smallest absolute Gasteiger partial charge is 0.230 e. The van der Waals surface area contributed by atoms with Crippen LogP contribution in [0.1, 0.15) is 38.5 Å². The summed E-state index contributed by atoms with van der Waals surface area (Å²) in [6.45, 7) is 0. The summed E-state index contributed by atoms with van der Waals surface area (Å²) in [5, 5.41) is 3.16. The lowest BCUT2D eigenvalue weighted by atomic mass is 9.49. The average Bonchev–Trinajstić information content (AvgIpc) is 2.47. The van der Waals surface area contributed by atoms with Gasteiger partial charge in [-0.15, -0.1) is 0 Å².